The molecule has 0 saturated carbocycles. The first kappa shape index (κ1) is 11.9. The molecule has 0 aromatic heterocycles. The van der Waals surface area contributed by atoms with Gasteiger partial charge in [-0.25, -0.2) is 0 Å². The van der Waals surface area contributed by atoms with E-state index in [-0.39, 0.29) is 12.2 Å². The molecule has 0 bridgehead atoms. The topological polar surface area (TPSA) is 15.7 Å². The lowest BCUT2D eigenvalue weighted by molar-refractivity contribution is -0.0705. The summed E-state index contributed by atoms with van der Waals surface area (Å²) in [7, 11) is 2.20. The summed E-state index contributed by atoms with van der Waals surface area (Å²) < 4.78 is 5.69. The van der Waals surface area contributed by atoms with Crippen LogP contribution in [0.1, 0.15) is 19.8 Å². The van der Waals surface area contributed by atoms with Crippen LogP contribution in [-0.4, -0.2) is 61.3 Å². The number of terminal acetylenes is 1. The third-order valence-corrected chi connectivity index (χ3v) is 3.68. The zero-order valence-corrected chi connectivity index (χ0v) is 10.4. The van der Waals surface area contributed by atoms with E-state index >= 15 is 0 Å². The molecule has 0 aliphatic carbocycles. The van der Waals surface area contributed by atoms with Crippen molar-refractivity contribution in [2.24, 2.45) is 0 Å². The normalized spacial score (nSPS) is 34.8. The van der Waals surface area contributed by atoms with Crippen LogP contribution < -0.4 is 0 Å². The molecule has 2 fully saturated rings. The molecule has 2 aliphatic rings. The zero-order valence-electron chi connectivity index (χ0n) is 10.4. The Hall–Kier alpha value is -0.560. The molecule has 2 saturated heterocycles. The Labute approximate surface area is 98.7 Å². The van der Waals surface area contributed by atoms with Crippen molar-refractivity contribution in [3.8, 4) is 12.3 Å². The summed E-state index contributed by atoms with van der Waals surface area (Å²) in [4.78, 5) is 4.94. The molecule has 0 spiro atoms. The largest absolute Gasteiger partial charge is 0.360 e. The molecule has 2 rings (SSSR count). The van der Waals surface area contributed by atoms with Gasteiger partial charge < -0.3 is 9.64 Å². The number of likely N-dealkylation sites (tertiary alicyclic amines) is 1. The predicted octanol–water partition coefficient (Wildman–Crippen LogP) is 0.803. The van der Waals surface area contributed by atoms with Gasteiger partial charge in [-0.2, -0.15) is 0 Å². The first-order chi connectivity index (χ1) is 7.69. The van der Waals surface area contributed by atoms with Gasteiger partial charge in [-0.1, -0.05) is 5.92 Å². The fraction of sp³-hybridized carbons (Fsp3) is 0.846. The summed E-state index contributed by atoms with van der Waals surface area (Å²) in [6.07, 6.45) is 8.26. The highest BCUT2D eigenvalue weighted by atomic mass is 16.5. The molecular weight excluding hydrogens is 200 g/mol. The first-order valence-electron chi connectivity index (χ1n) is 6.23. The molecule has 2 atom stereocenters. The van der Waals surface area contributed by atoms with Crippen molar-refractivity contribution in [2.45, 2.75) is 38.0 Å². The quantitative estimate of drug-likeness (QED) is 0.610. The van der Waals surface area contributed by atoms with Gasteiger partial charge in [0.2, 0.25) is 0 Å². The fourth-order valence-corrected chi connectivity index (χ4v) is 2.73. The van der Waals surface area contributed by atoms with Crippen LogP contribution in [0.3, 0.4) is 0 Å². The van der Waals surface area contributed by atoms with Gasteiger partial charge in [-0.05, 0) is 39.9 Å². The van der Waals surface area contributed by atoms with Gasteiger partial charge in [0, 0.05) is 19.1 Å². The Morgan fingerprint density at radius 3 is 2.56 bits per heavy atom. The van der Waals surface area contributed by atoms with E-state index in [1.54, 1.807) is 0 Å². The van der Waals surface area contributed by atoms with Crippen LogP contribution >= 0.6 is 0 Å². The van der Waals surface area contributed by atoms with Gasteiger partial charge in [-0.15, -0.1) is 6.42 Å². The van der Waals surface area contributed by atoms with Crippen molar-refractivity contribution in [3.63, 3.8) is 0 Å². The molecule has 0 amide bonds. The maximum absolute atomic E-state index is 5.69. The molecule has 16 heavy (non-hydrogen) atoms. The van der Waals surface area contributed by atoms with Gasteiger partial charge in [0.05, 0.1) is 6.10 Å². The lowest BCUT2D eigenvalue weighted by atomic mass is 10.0. The standard InChI is InChI=1S/C13H22N2O/c1-4-13-10-15(9-11(2)16-13)12-5-7-14(3)8-6-12/h1,11-13H,5-10H2,2-3H3. The van der Waals surface area contributed by atoms with Crippen molar-refractivity contribution in [1.82, 2.24) is 9.80 Å². The SMILES string of the molecule is C#CC1CN(C2CCN(C)CC2)CC(C)O1. The van der Waals surface area contributed by atoms with E-state index in [0.717, 1.165) is 13.1 Å². The van der Waals surface area contributed by atoms with E-state index < -0.39 is 0 Å². The lowest BCUT2D eigenvalue weighted by Crippen LogP contribution is -2.53. The van der Waals surface area contributed by atoms with Gasteiger partial charge in [0.1, 0.15) is 6.10 Å². The Morgan fingerprint density at radius 2 is 1.94 bits per heavy atom. The molecule has 90 valence electrons. The molecule has 0 N–H and O–H groups in total. The smallest absolute Gasteiger partial charge is 0.131 e. The monoisotopic (exact) mass is 222 g/mol. The number of ether oxygens (including phenoxy) is 1. The van der Waals surface area contributed by atoms with Crippen molar-refractivity contribution in [2.75, 3.05) is 33.2 Å². The molecule has 0 radical (unpaired) electrons. The van der Waals surface area contributed by atoms with Crippen LogP contribution in [0.2, 0.25) is 0 Å². The summed E-state index contributed by atoms with van der Waals surface area (Å²) in [5.41, 5.74) is 0. The number of hydrogen-bond acceptors (Lipinski definition) is 3. The maximum Gasteiger partial charge on any atom is 0.131 e. The molecule has 2 aliphatic heterocycles. The summed E-state index contributed by atoms with van der Waals surface area (Å²) in [6.45, 7) is 6.47. The minimum absolute atomic E-state index is 0.0107. The molecule has 0 aromatic rings. The van der Waals surface area contributed by atoms with Crippen LogP contribution in [0.5, 0.6) is 0 Å². The summed E-state index contributed by atoms with van der Waals surface area (Å²) in [6, 6.07) is 0.707. The Balaban J connectivity index is 1.91. The highest BCUT2D eigenvalue weighted by Crippen LogP contribution is 2.20. The third-order valence-electron chi connectivity index (χ3n) is 3.68. The highest BCUT2D eigenvalue weighted by Gasteiger charge is 2.30. The average molecular weight is 222 g/mol. The third kappa shape index (κ3) is 2.76. The summed E-state index contributed by atoms with van der Waals surface area (Å²) in [5.74, 6) is 2.74. The van der Waals surface area contributed by atoms with Crippen LogP contribution in [0.15, 0.2) is 0 Å². The van der Waals surface area contributed by atoms with Crippen LogP contribution in [0.4, 0.5) is 0 Å². The fourth-order valence-electron chi connectivity index (χ4n) is 2.73. The lowest BCUT2D eigenvalue weighted by Gasteiger charge is -2.42. The van der Waals surface area contributed by atoms with Crippen molar-refractivity contribution < 1.29 is 4.74 Å². The second-order valence-electron chi connectivity index (χ2n) is 5.09. The number of piperidine rings is 1. The molecule has 3 heteroatoms. The molecule has 3 nitrogen and oxygen atoms in total. The van der Waals surface area contributed by atoms with Crippen molar-refractivity contribution in [1.29, 1.82) is 0 Å². The van der Waals surface area contributed by atoms with Gasteiger partial charge >= 0.3 is 0 Å². The van der Waals surface area contributed by atoms with Crippen LogP contribution in [0.25, 0.3) is 0 Å². The molecule has 0 aromatic carbocycles. The number of rotatable bonds is 1. The first-order valence-corrected chi connectivity index (χ1v) is 6.23. The maximum atomic E-state index is 5.69. The second-order valence-corrected chi connectivity index (χ2v) is 5.09. The second kappa shape index (κ2) is 5.18. The van der Waals surface area contributed by atoms with Crippen molar-refractivity contribution >= 4 is 0 Å². The molecule has 2 unspecified atom stereocenters. The van der Waals surface area contributed by atoms with E-state index in [9.17, 15) is 0 Å². The van der Waals surface area contributed by atoms with E-state index in [2.05, 4.69) is 29.7 Å². The minimum Gasteiger partial charge on any atom is -0.360 e. The van der Waals surface area contributed by atoms with Gasteiger partial charge in [0.15, 0.2) is 0 Å². The van der Waals surface area contributed by atoms with E-state index in [0.29, 0.717) is 6.04 Å². The van der Waals surface area contributed by atoms with Crippen LogP contribution in [-0.2, 0) is 4.74 Å². The Morgan fingerprint density at radius 1 is 1.25 bits per heavy atom. The minimum atomic E-state index is -0.0107. The van der Waals surface area contributed by atoms with E-state index in [4.69, 9.17) is 11.2 Å². The van der Waals surface area contributed by atoms with E-state index in [1.807, 2.05) is 0 Å². The number of nitrogens with zero attached hydrogens (tertiary/aromatic N) is 2. The van der Waals surface area contributed by atoms with Gasteiger partial charge in [0.25, 0.3) is 0 Å². The molecule has 2 heterocycles. The van der Waals surface area contributed by atoms with E-state index in [1.165, 1.54) is 25.9 Å². The van der Waals surface area contributed by atoms with Gasteiger partial charge in [-0.3, -0.25) is 4.90 Å². The summed E-state index contributed by atoms with van der Waals surface area (Å²) >= 11 is 0. The predicted molar refractivity (Wildman–Crippen MR) is 65.3 cm³/mol. The van der Waals surface area contributed by atoms with Crippen LogP contribution in [0, 0.1) is 12.3 Å². The Kier molecular flexibility index (Phi) is 3.86. The van der Waals surface area contributed by atoms with Crippen molar-refractivity contribution in [3.05, 3.63) is 0 Å². The number of morpholine rings is 1. The Bertz CT molecular complexity index is 266. The number of hydrogen-bond donors (Lipinski definition) is 0. The average Bonchev–Trinajstić information content (AvgIpc) is 2.29. The molecular formula is C13H22N2O. The zero-order chi connectivity index (χ0) is 11.5. The highest BCUT2D eigenvalue weighted by molar-refractivity contribution is 5.00. The summed E-state index contributed by atoms with van der Waals surface area (Å²) in [5, 5.41) is 0.